The van der Waals surface area contributed by atoms with Crippen LogP contribution in [0.1, 0.15) is 31.4 Å². The van der Waals surface area contributed by atoms with Crippen LogP contribution in [0.3, 0.4) is 0 Å². The Morgan fingerprint density at radius 1 is 1.71 bits per heavy atom. The highest BCUT2D eigenvalue weighted by atomic mass is 16.4. The summed E-state index contributed by atoms with van der Waals surface area (Å²) in [5.74, 6) is 1.55. The molecule has 1 aromatic heterocycles. The van der Waals surface area contributed by atoms with Gasteiger partial charge in [0.1, 0.15) is 5.76 Å². The maximum absolute atomic E-state index is 11.9. The third kappa shape index (κ3) is 3.30. The first-order chi connectivity index (χ1) is 8.15. The standard InChI is InChI=1S/C12H19N3O2/c1-8-5-10(3-4-13-8)12(16)15-7-11-14-6-9(2)17-11/h6,8,10,13H,3-5,7H2,1-2H3,(H,15,16). The molecule has 1 fully saturated rings. The zero-order chi connectivity index (χ0) is 12.3. The van der Waals surface area contributed by atoms with Crippen molar-refractivity contribution in [1.82, 2.24) is 15.6 Å². The van der Waals surface area contributed by atoms with Crippen LogP contribution in [0.25, 0.3) is 0 Å². The van der Waals surface area contributed by atoms with Gasteiger partial charge < -0.3 is 15.1 Å². The second-order valence-electron chi connectivity index (χ2n) is 4.66. The highest BCUT2D eigenvalue weighted by Gasteiger charge is 2.24. The number of oxazole rings is 1. The lowest BCUT2D eigenvalue weighted by molar-refractivity contribution is -0.126. The van der Waals surface area contributed by atoms with E-state index < -0.39 is 0 Å². The number of rotatable bonds is 3. The molecule has 2 heterocycles. The Kier molecular flexibility index (Phi) is 3.78. The summed E-state index contributed by atoms with van der Waals surface area (Å²) < 4.78 is 5.30. The lowest BCUT2D eigenvalue weighted by Crippen LogP contribution is -2.42. The smallest absolute Gasteiger partial charge is 0.223 e. The minimum absolute atomic E-state index is 0.106. The number of aryl methyl sites for hydroxylation is 1. The molecule has 2 N–H and O–H groups in total. The molecule has 1 saturated heterocycles. The monoisotopic (exact) mass is 237 g/mol. The van der Waals surface area contributed by atoms with Gasteiger partial charge in [0.05, 0.1) is 12.7 Å². The predicted octanol–water partition coefficient (Wildman–Crippen LogP) is 0.987. The van der Waals surface area contributed by atoms with Gasteiger partial charge in [-0.05, 0) is 33.2 Å². The van der Waals surface area contributed by atoms with Crippen LogP contribution in [-0.2, 0) is 11.3 Å². The first kappa shape index (κ1) is 12.1. The molecule has 2 rings (SSSR count). The van der Waals surface area contributed by atoms with Gasteiger partial charge in [-0.3, -0.25) is 4.79 Å². The summed E-state index contributed by atoms with van der Waals surface area (Å²) >= 11 is 0. The summed E-state index contributed by atoms with van der Waals surface area (Å²) in [4.78, 5) is 16.0. The molecule has 17 heavy (non-hydrogen) atoms. The summed E-state index contributed by atoms with van der Waals surface area (Å²) in [6.45, 7) is 5.24. The van der Waals surface area contributed by atoms with E-state index in [1.807, 2.05) is 6.92 Å². The minimum Gasteiger partial charge on any atom is -0.444 e. The number of hydrogen-bond acceptors (Lipinski definition) is 4. The third-order valence-corrected chi connectivity index (χ3v) is 3.08. The highest BCUT2D eigenvalue weighted by Crippen LogP contribution is 2.16. The molecule has 1 aliphatic heterocycles. The number of piperidine rings is 1. The van der Waals surface area contributed by atoms with Crippen LogP contribution >= 0.6 is 0 Å². The molecule has 0 radical (unpaired) electrons. The number of nitrogens with one attached hydrogen (secondary N) is 2. The zero-order valence-corrected chi connectivity index (χ0v) is 10.3. The van der Waals surface area contributed by atoms with E-state index in [9.17, 15) is 4.79 Å². The number of amides is 1. The van der Waals surface area contributed by atoms with Crippen LogP contribution < -0.4 is 10.6 Å². The van der Waals surface area contributed by atoms with E-state index in [-0.39, 0.29) is 11.8 Å². The van der Waals surface area contributed by atoms with Gasteiger partial charge in [0, 0.05) is 12.0 Å². The van der Waals surface area contributed by atoms with E-state index in [0.717, 1.165) is 25.1 Å². The van der Waals surface area contributed by atoms with Gasteiger partial charge in [-0.2, -0.15) is 0 Å². The summed E-state index contributed by atoms with van der Waals surface area (Å²) in [5.41, 5.74) is 0. The van der Waals surface area contributed by atoms with Crippen molar-refractivity contribution in [2.45, 2.75) is 39.3 Å². The van der Waals surface area contributed by atoms with Gasteiger partial charge >= 0.3 is 0 Å². The van der Waals surface area contributed by atoms with Crippen molar-refractivity contribution in [2.24, 2.45) is 5.92 Å². The number of carbonyl (C=O) groups is 1. The van der Waals surface area contributed by atoms with E-state index in [1.165, 1.54) is 0 Å². The average Bonchev–Trinajstić information content (AvgIpc) is 2.72. The summed E-state index contributed by atoms with van der Waals surface area (Å²) in [5, 5.41) is 6.21. The number of hydrogen-bond donors (Lipinski definition) is 2. The average molecular weight is 237 g/mol. The van der Waals surface area contributed by atoms with Crippen molar-refractivity contribution in [3.05, 3.63) is 17.8 Å². The molecule has 94 valence electrons. The van der Waals surface area contributed by atoms with Crippen LogP contribution in [0.5, 0.6) is 0 Å². The summed E-state index contributed by atoms with van der Waals surface area (Å²) in [7, 11) is 0. The van der Waals surface area contributed by atoms with Gasteiger partial charge in [-0.25, -0.2) is 4.98 Å². The molecule has 1 aliphatic rings. The molecule has 0 spiro atoms. The highest BCUT2D eigenvalue weighted by molar-refractivity contribution is 5.78. The summed E-state index contributed by atoms with van der Waals surface area (Å²) in [6, 6.07) is 0.420. The Labute approximate surface area is 101 Å². The molecule has 0 aliphatic carbocycles. The van der Waals surface area contributed by atoms with Gasteiger partial charge in [0.25, 0.3) is 0 Å². The van der Waals surface area contributed by atoms with Crippen LogP contribution in [0.15, 0.2) is 10.6 Å². The Hall–Kier alpha value is -1.36. The molecule has 0 aromatic carbocycles. The molecule has 2 unspecified atom stereocenters. The molecular weight excluding hydrogens is 218 g/mol. The van der Waals surface area contributed by atoms with Crippen LogP contribution in [0.2, 0.25) is 0 Å². The van der Waals surface area contributed by atoms with Crippen molar-refractivity contribution in [1.29, 1.82) is 0 Å². The maximum atomic E-state index is 11.9. The van der Waals surface area contributed by atoms with Gasteiger partial charge in [-0.15, -0.1) is 0 Å². The molecule has 1 amide bonds. The molecule has 5 nitrogen and oxygen atoms in total. The van der Waals surface area contributed by atoms with Gasteiger partial charge in [0.15, 0.2) is 0 Å². The lowest BCUT2D eigenvalue weighted by atomic mass is 9.92. The van der Waals surface area contributed by atoms with Crippen molar-refractivity contribution < 1.29 is 9.21 Å². The first-order valence-electron chi connectivity index (χ1n) is 6.07. The maximum Gasteiger partial charge on any atom is 0.223 e. The fourth-order valence-electron chi connectivity index (χ4n) is 2.16. The normalized spacial score (nSPS) is 24.6. The molecule has 2 atom stereocenters. The van der Waals surface area contributed by atoms with E-state index in [4.69, 9.17) is 4.42 Å². The first-order valence-corrected chi connectivity index (χ1v) is 6.07. The topological polar surface area (TPSA) is 67.2 Å². The molecule has 0 bridgehead atoms. The van der Waals surface area contributed by atoms with Crippen LogP contribution in [0.4, 0.5) is 0 Å². The SMILES string of the molecule is Cc1cnc(CNC(=O)C2CCNC(C)C2)o1. The second-order valence-corrected chi connectivity index (χ2v) is 4.66. The molecule has 0 saturated carbocycles. The lowest BCUT2D eigenvalue weighted by Gasteiger charge is -2.26. The van der Waals surface area contributed by atoms with Crippen molar-refractivity contribution in [2.75, 3.05) is 6.54 Å². The number of aromatic nitrogens is 1. The quantitative estimate of drug-likeness (QED) is 0.822. The Morgan fingerprint density at radius 3 is 3.18 bits per heavy atom. The van der Waals surface area contributed by atoms with Gasteiger partial charge in [-0.1, -0.05) is 0 Å². The van der Waals surface area contributed by atoms with Crippen LogP contribution in [0, 0.1) is 12.8 Å². The van der Waals surface area contributed by atoms with E-state index in [2.05, 4.69) is 22.5 Å². The number of nitrogens with zero attached hydrogens (tertiary/aromatic N) is 1. The summed E-state index contributed by atoms with van der Waals surface area (Å²) in [6.07, 6.45) is 3.46. The fourth-order valence-corrected chi connectivity index (χ4v) is 2.16. The van der Waals surface area contributed by atoms with E-state index in [1.54, 1.807) is 6.20 Å². The minimum atomic E-state index is 0.106. The predicted molar refractivity (Wildman–Crippen MR) is 63.3 cm³/mol. The largest absolute Gasteiger partial charge is 0.444 e. The van der Waals surface area contributed by atoms with E-state index >= 15 is 0 Å². The fraction of sp³-hybridized carbons (Fsp3) is 0.667. The third-order valence-electron chi connectivity index (χ3n) is 3.08. The van der Waals surface area contributed by atoms with Crippen LogP contribution in [-0.4, -0.2) is 23.5 Å². The Bertz CT molecular complexity index is 389. The van der Waals surface area contributed by atoms with Crippen molar-refractivity contribution >= 4 is 5.91 Å². The number of carbonyl (C=O) groups excluding carboxylic acids is 1. The Morgan fingerprint density at radius 2 is 2.53 bits per heavy atom. The Balaban J connectivity index is 1.80. The zero-order valence-electron chi connectivity index (χ0n) is 10.3. The van der Waals surface area contributed by atoms with E-state index in [0.29, 0.717) is 18.5 Å². The molecule has 5 heteroatoms. The molecule has 1 aromatic rings. The molecular formula is C12H19N3O2. The van der Waals surface area contributed by atoms with Gasteiger partial charge in [0.2, 0.25) is 11.8 Å². The van der Waals surface area contributed by atoms with Crippen molar-refractivity contribution in [3.63, 3.8) is 0 Å². The van der Waals surface area contributed by atoms with Crippen molar-refractivity contribution in [3.8, 4) is 0 Å². The second kappa shape index (κ2) is 5.31.